The van der Waals surface area contributed by atoms with Gasteiger partial charge in [-0.1, -0.05) is 318 Å². The van der Waals surface area contributed by atoms with Crippen LogP contribution in [0, 0.1) is 17.8 Å². The maximum Gasteiger partial charge on any atom is 0.472 e. The molecule has 0 aliphatic rings. The van der Waals surface area contributed by atoms with Gasteiger partial charge in [-0.2, -0.15) is 0 Å². The van der Waals surface area contributed by atoms with Crippen molar-refractivity contribution in [1.29, 1.82) is 0 Å². The summed E-state index contributed by atoms with van der Waals surface area (Å²) < 4.78 is 68.4. The summed E-state index contributed by atoms with van der Waals surface area (Å²) in [6.07, 6.45) is 48.5. The van der Waals surface area contributed by atoms with Gasteiger partial charge in [-0.3, -0.25) is 37.3 Å². The van der Waals surface area contributed by atoms with Crippen LogP contribution in [0.1, 0.15) is 370 Å². The van der Waals surface area contributed by atoms with Gasteiger partial charge in [0.2, 0.25) is 0 Å². The number of hydrogen-bond acceptors (Lipinski definition) is 15. The molecule has 0 spiro atoms. The number of phosphoric ester groups is 2. The number of carbonyl (C=O) groups excluding carboxylic acids is 4. The highest BCUT2D eigenvalue weighted by molar-refractivity contribution is 7.47. The van der Waals surface area contributed by atoms with Crippen LogP contribution < -0.4 is 0 Å². The monoisotopic (exact) mass is 1350 g/mol. The quantitative estimate of drug-likeness (QED) is 0.0222. The highest BCUT2D eigenvalue weighted by atomic mass is 31.2. The first-order valence-corrected chi connectivity index (χ1v) is 40.9. The van der Waals surface area contributed by atoms with E-state index < -0.39 is 97.5 Å². The Morgan fingerprint density at radius 3 is 0.826 bits per heavy atom. The van der Waals surface area contributed by atoms with Gasteiger partial charge in [0.1, 0.15) is 19.3 Å². The Bertz CT molecular complexity index is 1800. The van der Waals surface area contributed by atoms with E-state index in [1.54, 1.807) is 0 Å². The lowest BCUT2D eigenvalue weighted by Crippen LogP contribution is -2.30. The Hall–Kier alpha value is -1.94. The molecule has 0 aromatic carbocycles. The lowest BCUT2D eigenvalue weighted by atomic mass is 9.99. The zero-order chi connectivity index (χ0) is 68.0. The van der Waals surface area contributed by atoms with Crippen molar-refractivity contribution in [1.82, 2.24) is 0 Å². The summed E-state index contributed by atoms with van der Waals surface area (Å²) in [7, 11) is -9.90. The molecule has 3 N–H and O–H groups in total. The number of aliphatic hydroxyl groups is 1. The molecule has 0 rings (SSSR count). The van der Waals surface area contributed by atoms with Crippen molar-refractivity contribution >= 4 is 39.5 Å². The van der Waals surface area contributed by atoms with Crippen molar-refractivity contribution in [2.75, 3.05) is 39.6 Å². The molecule has 0 aromatic rings. The molecule has 0 saturated heterocycles. The average Bonchev–Trinajstić information content (AvgIpc) is 2.26. The molecule has 0 radical (unpaired) electrons. The zero-order valence-corrected chi connectivity index (χ0v) is 61.8. The van der Waals surface area contributed by atoms with Crippen molar-refractivity contribution in [2.24, 2.45) is 17.8 Å². The second-order valence-corrected chi connectivity index (χ2v) is 30.4. The molecule has 546 valence electrons. The van der Waals surface area contributed by atoms with Crippen LogP contribution in [0.15, 0.2) is 0 Å². The van der Waals surface area contributed by atoms with Crippen LogP contribution in [0.2, 0.25) is 0 Å². The van der Waals surface area contributed by atoms with Crippen LogP contribution in [0.5, 0.6) is 0 Å². The fourth-order valence-electron chi connectivity index (χ4n) is 11.0. The first-order chi connectivity index (χ1) is 44.3. The number of rotatable bonds is 71. The molecule has 0 aromatic heterocycles. The third-order valence-electron chi connectivity index (χ3n) is 17.2. The number of esters is 4. The molecule has 0 saturated carbocycles. The SMILES string of the molecule is CCCCCCCCCCCCCC(=O)O[C@H](COC(=O)CCCCCCCCCC(C)C)COP(=O)(O)OC[C@H](O)COP(=O)(O)OC[C@@H](COC(=O)CCCCCCCCCCCCC(C)C)OC(=O)CCCCCCCCCCCCCCCCC(C)CC. The average molecular weight is 1350 g/mol. The lowest BCUT2D eigenvalue weighted by Gasteiger charge is -2.21. The normalized spacial score (nSPS) is 14.4. The first-order valence-electron chi connectivity index (χ1n) is 37.9. The van der Waals surface area contributed by atoms with Crippen molar-refractivity contribution in [3.05, 3.63) is 0 Å². The third kappa shape index (κ3) is 65.4. The highest BCUT2D eigenvalue weighted by Gasteiger charge is 2.30. The van der Waals surface area contributed by atoms with Gasteiger partial charge in [0, 0.05) is 25.7 Å². The summed E-state index contributed by atoms with van der Waals surface area (Å²) in [6.45, 7) is 11.9. The standard InChI is InChI=1S/C73H142O17P2/c1-8-10-11-12-13-14-19-27-34-42-49-56-72(77)90-69(61-84-71(76)55-48-41-36-29-31-38-45-52-65(5)6)63-88-92(81,82)86-59-67(74)58-85-91(79,80)87-62-68(60-83-70(75)54-47-40-33-26-23-22-24-30-37-44-51-64(3)4)89-73(78)57-50-43-35-28-21-18-16-15-17-20-25-32-39-46-53-66(7)9-2/h64-69,74H,8-63H2,1-7H3,(H,79,80)(H,81,82)/t66?,67-,68-,69-/m1/s1. The number of hydrogen-bond donors (Lipinski definition) is 3. The second kappa shape index (κ2) is 63.8. The molecule has 19 heteroatoms. The predicted octanol–water partition coefficient (Wildman–Crippen LogP) is 21.0. The largest absolute Gasteiger partial charge is 0.472 e. The summed E-state index contributed by atoms with van der Waals surface area (Å²) in [5, 5.41) is 10.6. The molecule has 0 aliphatic carbocycles. The fraction of sp³-hybridized carbons (Fsp3) is 0.945. The van der Waals surface area contributed by atoms with Gasteiger partial charge in [-0.25, -0.2) is 9.13 Å². The highest BCUT2D eigenvalue weighted by Crippen LogP contribution is 2.45. The molecule has 6 atom stereocenters. The minimum atomic E-state index is -4.95. The van der Waals surface area contributed by atoms with Gasteiger partial charge in [0.05, 0.1) is 26.4 Å². The fourth-order valence-corrected chi connectivity index (χ4v) is 12.6. The Morgan fingerprint density at radius 2 is 0.554 bits per heavy atom. The van der Waals surface area contributed by atoms with Crippen molar-refractivity contribution in [3.63, 3.8) is 0 Å². The van der Waals surface area contributed by atoms with E-state index in [1.165, 1.54) is 173 Å². The smallest absolute Gasteiger partial charge is 0.462 e. The van der Waals surface area contributed by atoms with Gasteiger partial charge >= 0.3 is 39.5 Å². The number of carbonyl (C=O) groups is 4. The van der Waals surface area contributed by atoms with E-state index in [2.05, 4.69) is 48.5 Å². The van der Waals surface area contributed by atoms with E-state index in [0.717, 1.165) is 108 Å². The van der Waals surface area contributed by atoms with E-state index in [9.17, 15) is 43.2 Å². The molecule has 3 unspecified atom stereocenters. The summed E-state index contributed by atoms with van der Waals surface area (Å²) in [5.74, 6) is 0.188. The number of aliphatic hydroxyl groups excluding tert-OH is 1. The van der Waals surface area contributed by atoms with E-state index in [0.29, 0.717) is 31.6 Å². The summed E-state index contributed by atoms with van der Waals surface area (Å²) in [6, 6.07) is 0. The van der Waals surface area contributed by atoms with Crippen LogP contribution in [0.3, 0.4) is 0 Å². The summed E-state index contributed by atoms with van der Waals surface area (Å²) in [5.41, 5.74) is 0. The van der Waals surface area contributed by atoms with E-state index >= 15 is 0 Å². The van der Waals surface area contributed by atoms with Crippen LogP contribution >= 0.6 is 15.6 Å². The molecule has 0 fully saturated rings. The Kier molecular flexibility index (Phi) is 62.4. The minimum Gasteiger partial charge on any atom is -0.462 e. The van der Waals surface area contributed by atoms with E-state index in [4.69, 9.17) is 37.0 Å². The van der Waals surface area contributed by atoms with Gasteiger partial charge in [-0.05, 0) is 43.4 Å². The molecule has 92 heavy (non-hydrogen) atoms. The summed E-state index contributed by atoms with van der Waals surface area (Å²) in [4.78, 5) is 72.6. The van der Waals surface area contributed by atoms with Gasteiger partial charge in [0.15, 0.2) is 12.2 Å². The van der Waals surface area contributed by atoms with E-state index in [1.807, 2.05) is 0 Å². The van der Waals surface area contributed by atoms with Crippen molar-refractivity contribution in [2.45, 2.75) is 388 Å². The molecule has 17 nitrogen and oxygen atoms in total. The Morgan fingerprint density at radius 1 is 0.315 bits per heavy atom. The number of unbranched alkanes of at least 4 members (excludes halogenated alkanes) is 38. The Balaban J connectivity index is 5.24. The van der Waals surface area contributed by atoms with Crippen LogP contribution in [0.4, 0.5) is 0 Å². The molecular formula is C73H142O17P2. The third-order valence-corrected chi connectivity index (χ3v) is 19.1. The molecule has 0 aliphatic heterocycles. The molecule has 0 amide bonds. The minimum absolute atomic E-state index is 0.106. The topological polar surface area (TPSA) is 237 Å². The maximum atomic E-state index is 13.1. The molecular weight excluding hydrogens is 1210 g/mol. The van der Waals surface area contributed by atoms with Gasteiger partial charge in [0.25, 0.3) is 0 Å². The first kappa shape index (κ1) is 90.1. The van der Waals surface area contributed by atoms with Crippen molar-refractivity contribution < 1.29 is 80.2 Å². The van der Waals surface area contributed by atoms with Crippen LogP contribution in [-0.2, 0) is 65.4 Å². The summed E-state index contributed by atoms with van der Waals surface area (Å²) >= 11 is 0. The lowest BCUT2D eigenvalue weighted by molar-refractivity contribution is -0.161. The number of phosphoric acid groups is 2. The Labute approximate surface area is 562 Å². The van der Waals surface area contributed by atoms with Gasteiger partial charge in [-0.15, -0.1) is 0 Å². The maximum absolute atomic E-state index is 13.1. The van der Waals surface area contributed by atoms with Crippen LogP contribution in [-0.4, -0.2) is 96.7 Å². The zero-order valence-electron chi connectivity index (χ0n) is 60.0. The second-order valence-electron chi connectivity index (χ2n) is 27.5. The van der Waals surface area contributed by atoms with Crippen LogP contribution in [0.25, 0.3) is 0 Å². The predicted molar refractivity (Wildman–Crippen MR) is 372 cm³/mol. The molecule has 0 heterocycles. The van der Waals surface area contributed by atoms with Crippen molar-refractivity contribution in [3.8, 4) is 0 Å². The van der Waals surface area contributed by atoms with Gasteiger partial charge < -0.3 is 33.8 Å². The molecule has 0 bridgehead atoms. The number of ether oxygens (including phenoxy) is 4. The van der Waals surface area contributed by atoms with E-state index in [-0.39, 0.29) is 25.7 Å².